The Morgan fingerprint density at radius 1 is 1.12 bits per heavy atom. The van der Waals surface area contributed by atoms with Crippen molar-refractivity contribution in [2.75, 3.05) is 0 Å². The van der Waals surface area contributed by atoms with Gasteiger partial charge in [0.25, 0.3) is 0 Å². The lowest BCUT2D eigenvalue weighted by Crippen LogP contribution is -2.40. The fraction of sp³-hybridized carbons (Fsp3) is 0.619. The molecular formula is C21H29NO2. The van der Waals surface area contributed by atoms with Gasteiger partial charge in [-0.25, -0.2) is 0 Å². The monoisotopic (exact) mass is 327 g/mol. The number of benzene rings is 1. The zero-order valence-electron chi connectivity index (χ0n) is 15.1. The first kappa shape index (κ1) is 17.2. The number of aryl methyl sites for hydroxylation is 2. The number of rotatable bonds is 6. The van der Waals surface area contributed by atoms with Crippen LogP contribution in [0.5, 0.6) is 0 Å². The smallest absolute Gasteiger partial charge is 0.220 e. The van der Waals surface area contributed by atoms with Gasteiger partial charge in [0.05, 0.1) is 0 Å². The van der Waals surface area contributed by atoms with Crippen LogP contribution in [0.3, 0.4) is 0 Å². The molecule has 2 saturated carbocycles. The van der Waals surface area contributed by atoms with Crippen LogP contribution < -0.4 is 5.32 Å². The van der Waals surface area contributed by atoms with Gasteiger partial charge in [-0.3, -0.25) is 9.59 Å². The molecule has 0 saturated heterocycles. The first-order chi connectivity index (χ1) is 11.4. The number of nitrogens with one attached hydrogen (secondary N) is 1. The van der Waals surface area contributed by atoms with Crippen molar-refractivity contribution in [3.8, 4) is 0 Å². The Kier molecular flexibility index (Phi) is 5.07. The molecule has 0 spiro atoms. The first-order valence-corrected chi connectivity index (χ1v) is 9.34. The maximum Gasteiger partial charge on any atom is 0.220 e. The molecule has 3 nitrogen and oxygen atoms in total. The van der Waals surface area contributed by atoms with Gasteiger partial charge in [-0.15, -0.1) is 0 Å². The van der Waals surface area contributed by atoms with Crippen LogP contribution in [-0.2, 0) is 4.79 Å². The maximum absolute atomic E-state index is 12.3. The van der Waals surface area contributed by atoms with E-state index in [1.165, 1.54) is 31.2 Å². The van der Waals surface area contributed by atoms with Crippen molar-refractivity contribution in [3.63, 3.8) is 0 Å². The van der Waals surface area contributed by atoms with Gasteiger partial charge < -0.3 is 5.32 Å². The van der Waals surface area contributed by atoms with E-state index in [-0.39, 0.29) is 30.6 Å². The van der Waals surface area contributed by atoms with E-state index in [0.717, 1.165) is 17.4 Å². The van der Waals surface area contributed by atoms with Crippen molar-refractivity contribution >= 4 is 11.7 Å². The van der Waals surface area contributed by atoms with Gasteiger partial charge in [-0.1, -0.05) is 18.6 Å². The van der Waals surface area contributed by atoms with Crippen LogP contribution in [-0.4, -0.2) is 17.7 Å². The fourth-order valence-electron chi connectivity index (χ4n) is 4.63. The Hall–Kier alpha value is -1.64. The molecule has 2 aliphatic rings. The van der Waals surface area contributed by atoms with Crippen LogP contribution in [0.25, 0.3) is 0 Å². The highest BCUT2D eigenvalue weighted by atomic mass is 16.2. The fourth-order valence-corrected chi connectivity index (χ4v) is 4.63. The molecule has 24 heavy (non-hydrogen) atoms. The summed E-state index contributed by atoms with van der Waals surface area (Å²) in [5, 5.41) is 3.14. The van der Waals surface area contributed by atoms with Crippen LogP contribution >= 0.6 is 0 Å². The summed E-state index contributed by atoms with van der Waals surface area (Å²) in [7, 11) is 0. The summed E-state index contributed by atoms with van der Waals surface area (Å²) in [6.07, 6.45) is 5.92. The van der Waals surface area contributed by atoms with Crippen molar-refractivity contribution in [2.45, 2.75) is 65.3 Å². The second kappa shape index (κ2) is 7.08. The second-order valence-corrected chi connectivity index (χ2v) is 7.92. The van der Waals surface area contributed by atoms with Crippen LogP contribution in [0, 0.1) is 31.6 Å². The second-order valence-electron chi connectivity index (χ2n) is 7.92. The highest BCUT2D eigenvalue weighted by Gasteiger charge is 2.42. The summed E-state index contributed by atoms with van der Waals surface area (Å²) < 4.78 is 0. The molecule has 1 amide bonds. The van der Waals surface area contributed by atoms with Gasteiger partial charge in [-0.05, 0) is 75.0 Å². The average molecular weight is 327 g/mol. The number of amides is 1. The van der Waals surface area contributed by atoms with E-state index in [9.17, 15) is 9.59 Å². The molecule has 2 fully saturated rings. The minimum atomic E-state index is 0.0162. The highest BCUT2D eigenvalue weighted by Crippen LogP contribution is 2.49. The number of fused-ring (bicyclic) bond motifs is 2. The molecule has 3 heteroatoms. The molecule has 0 aliphatic heterocycles. The molecule has 2 bridgehead atoms. The number of hydrogen-bond donors (Lipinski definition) is 1. The normalized spacial score (nSPS) is 26.4. The van der Waals surface area contributed by atoms with Crippen molar-refractivity contribution < 1.29 is 9.59 Å². The van der Waals surface area contributed by atoms with Crippen molar-refractivity contribution in [2.24, 2.45) is 17.8 Å². The minimum absolute atomic E-state index is 0.0162. The predicted octanol–water partition coefficient (Wildman–Crippen LogP) is 4.21. The summed E-state index contributed by atoms with van der Waals surface area (Å²) in [5.41, 5.74) is 3.02. The first-order valence-electron chi connectivity index (χ1n) is 9.34. The third-order valence-corrected chi connectivity index (χ3v) is 6.23. The lowest BCUT2D eigenvalue weighted by atomic mass is 9.84. The lowest BCUT2D eigenvalue weighted by Gasteiger charge is -2.28. The van der Waals surface area contributed by atoms with E-state index < -0.39 is 0 Å². The number of hydrogen-bond acceptors (Lipinski definition) is 2. The number of carbonyl (C=O) groups excluding carboxylic acids is 2. The van der Waals surface area contributed by atoms with Gasteiger partial charge in [-0.2, -0.15) is 0 Å². The zero-order valence-corrected chi connectivity index (χ0v) is 15.1. The van der Waals surface area contributed by atoms with Gasteiger partial charge in [0.2, 0.25) is 5.91 Å². The van der Waals surface area contributed by atoms with Crippen LogP contribution in [0.15, 0.2) is 18.2 Å². The molecule has 3 rings (SSSR count). The molecule has 130 valence electrons. The number of ketones is 1. The summed E-state index contributed by atoms with van der Waals surface area (Å²) in [5.74, 6) is 2.42. The van der Waals surface area contributed by atoms with E-state index in [1.54, 1.807) is 0 Å². The van der Waals surface area contributed by atoms with Crippen LogP contribution in [0.4, 0.5) is 0 Å². The minimum Gasteiger partial charge on any atom is -0.353 e. The SMILES string of the molecule is Cc1ccc(C(=O)CCC(=O)N[C@H](C)[C@@H]2C[C@H]3CC[C@H]2C3)cc1C. The summed E-state index contributed by atoms with van der Waals surface area (Å²) >= 11 is 0. The Morgan fingerprint density at radius 2 is 1.92 bits per heavy atom. The number of carbonyl (C=O) groups is 2. The van der Waals surface area contributed by atoms with E-state index in [2.05, 4.69) is 12.2 Å². The maximum atomic E-state index is 12.3. The summed E-state index contributed by atoms with van der Waals surface area (Å²) in [6, 6.07) is 6.00. The van der Waals surface area contributed by atoms with E-state index in [4.69, 9.17) is 0 Å². The molecule has 1 aromatic carbocycles. The third-order valence-electron chi connectivity index (χ3n) is 6.23. The molecule has 1 N–H and O–H groups in total. The third kappa shape index (κ3) is 3.71. The Morgan fingerprint density at radius 3 is 2.54 bits per heavy atom. The van der Waals surface area contributed by atoms with Gasteiger partial charge in [0.1, 0.15) is 0 Å². The Balaban J connectivity index is 1.46. The van der Waals surface area contributed by atoms with E-state index in [0.29, 0.717) is 11.5 Å². The van der Waals surface area contributed by atoms with Crippen LogP contribution in [0.1, 0.15) is 66.9 Å². The molecule has 0 heterocycles. The largest absolute Gasteiger partial charge is 0.353 e. The van der Waals surface area contributed by atoms with E-state index >= 15 is 0 Å². The molecule has 4 atom stereocenters. The standard InChI is InChI=1S/C21H29NO2/c1-13-4-6-18(10-14(13)2)20(23)8-9-21(24)22-15(3)19-12-16-5-7-17(19)11-16/h4,6,10,15-17,19H,5,7-9,11-12H2,1-3H3,(H,22,24)/t15-,16+,17+,19+/m1/s1. The van der Waals surface area contributed by atoms with Gasteiger partial charge in [0.15, 0.2) is 5.78 Å². The topological polar surface area (TPSA) is 46.2 Å². The quantitative estimate of drug-likeness (QED) is 0.796. The molecule has 2 aliphatic carbocycles. The molecule has 0 radical (unpaired) electrons. The highest BCUT2D eigenvalue weighted by molar-refractivity contribution is 5.98. The average Bonchev–Trinajstić information content (AvgIpc) is 3.18. The molecule has 0 aromatic heterocycles. The lowest BCUT2D eigenvalue weighted by molar-refractivity contribution is -0.122. The molecule has 1 aromatic rings. The van der Waals surface area contributed by atoms with Crippen molar-refractivity contribution in [3.05, 3.63) is 34.9 Å². The van der Waals surface area contributed by atoms with Crippen molar-refractivity contribution in [1.82, 2.24) is 5.32 Å². The molecule has 0 unspecified atom stereocenters. The summed E-state index contributed by atoms with van der Waals surface area (Å²) in [6.45, 7) is 6.18. The Labute approximate surface area is 145 Å². The van der Waals surface area contributed by atoms with Crippen molar-refractivity contribution in [1.29, 1.82) is 0 Å². The summed E-state index contributed by atoms with van der Waals surface area (Å²) in [4.78, 5) is 24.5. The Bertz CT molecular complexity index is 637. The predicted molar refractivity (Wildman–Crippen MR) is 96.0 cm³/mol. The number of Topliss-reactive ketones (excluding diaryl/α,β-unsaturated/α-hetero) is 1. The zero-order chi connectivity index (χ0) is 17.3. The van der Waals surface area contributed by atoms with E-state index in [1.807, 2.05) is 32.0 Å². The van der Waals surface area contributed by atoms with Gasteiger partial charge >= 0.3 is 0 Å². The van der Waals surface area contributed by atoms with Gasteiger partial charge in [0, 0.05) is 24.4 Å². The molecular weight excluding hydrogens is 298 g/mol. The van der Waals surface area contributed by atoms with Crippen LogP contribution in [0.2, 0.25) is 0 Å².